The summed E-state index contributed by atoms with van der Waals surface area (Å²) in [6.07, 6.45) is 1.27. The van der Waals surface area contributed by atoms with Crippen molar-refractivity contribution >= 4 is 70.8 Å². The van der Waals surface area contributed by atoms with Crippen LogP contribution in [0.15, 0.2) is 54.6 Å². The first-order valence-electron chi connectivity index (χ1n) is 27.3. The summed E-state index contributed by atoms with van der Waals surface area (Å²) < 4.78 is 19.6. The normalized spacial score (nSPS) is 18.4. The van der Waals surface area contributed by atoms with Gasteiger partial charge in [0.25, 0.3) is 5.91 Å². The molecule has 82 heavy (non-hydrogen) atoms. The fourth-order valence-electron chi connectivity index (χ4n) is 10.8. The van der Waals surface area contributed by atoms with Crippen LogP contribution in [-0.2, 0) is 40.1 Å². The molecule has 26 heteroatoms. The minimum Gasteiger partial charge on any atom is -0.496 e. The van der Waals surface area contributed by atoms with Gasteiger partial charge in [-0.15, -0.1) is 0 Å². The first-order chi connectivity index (χ1) is 39.3. The Kier molecular flexibility index (Phi) is 21.0. The Morgan fingerprint density at radius 1 is 0.768 bits per heavy atom. The van der Waals surface area contributed by atoms with E-state index in [9.17, 15) is 48.9 Å². The number of halogens is 2. The number of carboxylic acids is 3. The Morgan fingerprint density at radius 2 is 1.38 bits per heavy atom. The summed E-state index contributed by atoms with van der Waals surface area (Å²) in [7, 11) is 1.55. The van der Waals surface area contributed by atoms with Crippen LogP contribution < -0.4 is 25.4 Å². The molecule has 4 aliphatic heterocycles. The first kappa shape index (κ1) is 61.3. The smallest absolute Gasteiger partial charge is 0.317 e. The van der Waals surface area contributed by atoms with Crippen molar-refractivity contribution in [2.45, 2.75) is 57.5 Å². The number of hydrogen-bond acceptors (Lipinski definition) is 17. The van der Waals surface area contributed by atoms with Gasteiger partial charge in [0.15, 0.2) is 12.0 Å². The highest BCUT2D eigenvalue weighted by atomic mass is 35.5. The molecule has 3 fully saturated rings. The number of ether oxygens (including phenoxy) is 3. The Morgan fingerprint density at radius 3 is 1.96 bits per heavy atom. The van der Waals surface area contributed by atoms with Crippen LogP contribution in [0.1, 0.15) is 49.2 Å². The maximum atomic E-state index is 14.4. The number of aldehydes is 1. The zero-order chi connectivity index (χ0) is 58.7. The minimum atomic E-state index is -1.04. The lowest BCUT2D eigenvalue weighted by Crippen LogP contribution is -2.57. The second kappa shape index (κ2) is 28.0. The predicted molar refractivity (Wildman–Crippen MR) is 304 cm³/mol. The summed E-state index contributed by atoms with van der Waals surface area (Å²) in [5, 5.41) is 43.6. The fourth-order valence-corrected chi connectivity index (χ4v) is 11.3. The molecular weight excluding hydrogens is 1110 g/mol. The number of aromatic nitrogens is 2. The molecule has 3 amide bonds. The van der Waals surface area contributed by atoms with Crippen LogP contribution in [0, 0.1) is 0 Å². The average molecular weight is 1180 g/mol. The third-order valence-corrected chi connectivity index (χ3v) is 15.5. The average Bonchev–Trinajstić information content (AvgIpc) is 3.09. The number of carboxylic acid groups (broad SMARTS) is 3. The molecule has 3 saturated heterocycles. The number of anilines is 1. The third-order valence-electron chi connectivity index (χ3n) is 15.1. The van der Waals surface area contributed by atoms with Crippen LogP contribution in [-0.4, -0.2) is 239 Å². The molecule has 1 unspecified atom stereocenters. The van der Waals surface area contributed by atoms with Gasteiger partial charge >= 0.3 is 17.9 Å². The summed E-state index contributed by atoms with van der Waals surface area (Å²) in [5.41, 5.74) is 3.90. The van der Waals surface area contributed by atoms with Gasteiger partial charge in [-0.2, -0.15) is 5.10 Å². The number of rotatable bonds is 20. The van der Waals surface area contributed by atoms with Gasteiger partial charge in [0.05, 0.1) is 63.4 Å². The van der Waals surface area contributed by atoms with Gasteiger partial charge in [-0.25, -0.2) is 4.68 Å². The molecule has 5 heterocycles. The van der Waals surface area contributed by atoms with Crippen molar-refractivity contribution in [3.8, 4) is 39.6 Å². The summed E-state index contributed by atoms with van der Waals surface area (Å²) in [5.74, 6) is -2.96. The molecule has 0 saturated carbocycles. The number of fused-ring (bicyclic) bond motifs is 3. The van der Waals surface area contributed by atoms with E-state index in [2.05, 4.69) is 16.0 Å². The molecule has 4 aromatic rings. The summed E-state index contributed by atoms with van der Waals surface area (Å²) in [6, 6.07) is 15.9. The van der Waals surface area contributed by atoms with Gasteiger partial charge in [-0.3, -0.25) is 58.6 Å². The van der Waals surface area contributed by atoms with Crippen LogP contribution in [0.25, 0.3) is 28.1 Å². The molecule has 6 N–H and O–H groups in total. The molecule has 8 rings (SSSR count). The van der Waals surface area contributed by atoms with E-state index in [1.807, 2.05) is 41.8 Å². The quantitative estimate of drug-likeness (QED) is 0.0693. The summed E-state index contributed by atoms with van der Waals surface area (Å²) in [4.78, 5) is 99.4. The van der Waals surface area contributed by atoms with E-state index in [1.165, 1.54) is 0 Å². The van der Waals surface area contributed by atoms with E-state index < -0.39 is 29.6 Å². The standard InChI is InChI=1S/C56H71Cl2N11O13/c1-56(2)35-81-22-21-68(56)55(79)53-44-34-82-46-28-45(80-3)42(27-43(46)54(44)69(62-53)41-25-37(57)24-38(58)26-41)36-5-4-6-40(23-36)61-48(71)7-10-59-49(72)29-63-11-8-39(9-12-63)60-47(33-70)67-19-17-65(31-51(75)76)15-13-64(30-50(73)74)14-16-66(18-20-67)32-52(77)78/h4-6,23-28,33,39,47,60H,7-22,29-32,34-35H2,1-3H3,(H,59,72)(H,61,71)(H,73,74)(H,75,76)(H,77,78). The zero-order valence-corrected chi connectivity index (χ0v) is 47.8. The third kappa shape index (κ3) is 16.1. The van der Waals surface area contributed by atoms with Crippen molar-refractivity contribution < 1.29 is 63.1 Å². The van der Waals surface area contributed by atoms with E-state index in [4.69, 9.17) is 42.5 Å². The Bertz CT molecular complexity index is 2940. The van der Waals surface area contributed by atoms with E-state index in [1.54, 1.807) is 67.8 Å². The lowest BCUT2D eigenvalue weighted by molar-refractivity contribution is -0.140. The number of nitrogens with one attached hydrogen (secondary N) is 3. The summed E-state index contributed by atoms with van der Waals surface area (Å²) >= 11 is 13.0. The molecule has 0 aliphatic carbocycles. The second-order valence-electron chi connectivity index (χ2n) is 21.4. The van der Waals surface area contributed by atoms with Crippen LogP contribution in [0.5, 0.6) is 11.5 Å². The molecule has 24 nitrogen and oxygen atoms in total. The van der Waals surface area contributed by atoms with E-state index >= 15 is 0 Å². The van der Waals surface area contributed by atoms with Crippen LogP contribution in [0.2, 0.25) is 10.0 Å². The Balaban J connectivity index is 0.862. The van der Waals surface area contributed by atoms with Crippen LogP contribution >= 0.6 is 23.2 Å². The Hall–Kier alpha value is -6.74. The monoisotopic (exact) mass is 1180 g/mol. The lowest BCUT2D eigenvalue weighted by atomic mass is 9.95. The Labute approximate surface area is 485 Å². The molecule has 1 atom stereocenters. The number of nitrogens with zero attached hydrogens (tertiary/aromatic N) is 8. The van der Waals surface area contributed by atoms with Crippen molar-refractivity contribution in [3.63, 3.8) is 0 Å². The molecule has 3 aromatic carbocycles. The van der Waals surface area contributed by atoms with Crippen molar-refractivity contribution in [2.24, 2.45) is 0 Å². The van der Waals surface area contributed by atoms with E-state index in [0.717, 1.165) is 6.29 Å². The first-order valence-corrected chi connectivity index (χ1v) is 28.0. The van der Waals surface area contributed by atoms with Crippen molar-refractivity contribution in [1.29, 1.82) is 0 Å². The van der Waals surface area contributed by atoms with Crippen molar-refractivity contribution in [1.82, 2.24) is 49.8 Å². The lowest BCUT2D eigenvalue weighted by Gasteiger charge is -2.41. The van der Waals surface area contributed by atoms with Crippen molar-refractivity contribution in [3.05, 3.63) is 75.9 Å². The van der Waals surface area contributed by atoms with E-state index in [-0.39, 0.29) is 128 Å². The van der Waals surface area contributed by atoms with Gasteiger partial charge in [-0.1, -0.05) is 35.3 Å². The van der Waals surface area contributed by atoms with Crippen LogP contribution in [0.4, 0.5) is 5.69 Å². The van der Waals surface area contributed by atoms with Gasteiger partial charge in [0, 0.05) is 129 Å². The number of hydrogen-bond donors (Lipinski definition) is 6. The number of aliphatic carboxylic acids is 3. The summed E-state index contributed by atoms with van der Waals surface area (Å²) in [6.45, 7) is 7.72. The minimum absolute atomic E-state index is 0.000668. The molecular formula is C56H71Cl2N11O13. The fraction of sp³-hybridized carbons (Fsp3) is 0.500. The highest BCUT2D eigenvalue weighted by Crippen LogP contribution is 2.47. The molecule has 442 valence electrons. The maximum absolute atomic E-state index is 14.4. The van der Waals surface area contributed by atoms with Crippen molar-refractivity contribution in [2.75, 3.05) is 130 Å². The zero-order valence-electron chi connectivity index (χ0n) is 46.2. The molecule has 0 bridgehead atoms. The van der Waals surface area contributed by atoms with Crippen LogP contribution in [0.3, 0.4) is 0 Å². The molecule has 0 radical (unpaired) electrons. The molecule has 4 aliphatic rings. The molecule has 1 aromatic heterocycles. The highest BCUT2D eigenvalue weighted by molar-refractivity contribution is 6.34. The SMILES string of the molecule is COc1cc2c(cc1-c1cccc(NC(=O)CCNC(=O)CN3CCC(NC(C=O)N4CCN(CC(=O)O)CCN(CC(=O)O)CCN(CC(=O)O)CC4)CC3)c1)-c1c(c(C(=O)N3CCOCC3(C)C)nn1-c1cc(Cl)cc(Cl)c1)CO2. The second-order valence-corrected chi connectivity index (χ2v) is 22.3. The number of morpholine rings is 1. The highest BCUT2D eigenvalue weighted by Gasteiger charge is 2.40. The number of benzene rings is 3. The number of likely N-dealkylation sites (tertiary alicyclic amines) is 1. The van der Waals surface area contributed by atoms with Gasteiger partial charge in [-0.05, 0) is 68.7 Å². The van der Waals surface area contributed by atoms with Gasteiger partial charge in [0.1, 0.15) is 24.3 Å². The van der Waals surface area contributed by atoms with Gasteiger partial charge in [0.2, 0.25) is 11.8 Å². The number of piperidine rings is 1. The maximum Gasteiger partial charge on any atom is 0.317 e. The number of methoxy groups -OCH3 is 1. The predicted octanol–water partition coefficient (Wildman–Crippen LogP) is 3.16. The molecule has 0 spiro atoms. The van der Waals surface area contributed by atoms with Gasteiger partial charge < -0.3 is 49.9 Å². The largest absolute Gasteiger partial charge is 0.496 e. The number of carbonyl (C=O) groups excluding carboxylic acids is 4. The number of amides is 3. The number of carbonyl (C=O) groups is 7. The topological polar surface area (TPSA) is 281 Å². The van der Waals surface area contributed by atoms with E-state index in [0.29, 0.717) is 107 Å².